The van der Waals surface area contributed by atoms with Gasteiger partial charge >= 0.3 is 6.18 Å². The van der Waals surface area contributed by atoms with Crippen molar-refractivity contribution in [2.75, 3.05) is 6.54 Å². The van der Waals surface area contributed by atoms with Crippen molar-refractivity contribution in [3.8, 4) is 0 Å². The molecule has 2 unspecified atom stereocenters. The molecule has 0 aliphatic heterocycles. The smallest absolute Gasteiger partial charge is 0.355 e. The Morgan fingerprint density at radius 2 is 1.90 bits per heavy atom. The minimum absolute atomic E-state index is 0.109. The van der Waals surface area contributed by atoms with Crippen molar-refractivity contribution >= 4 is 21.8 Å². The average molecular weight is 364 g/mol. The molecule has 0 radical (unpaired) electrons. The molecule has 21 heavy (non-hydrogen) atoms. The van der Waals surface area contributed by atoms with Crippen molar-refractivity contribution in [1.82, 2.24) is 5.32 Å². The number of hydrogen-bond acceptors (Lipinski definition) is 1. The fraction of sp³-hybridized carbons (Fsp3) is 0.533. The summed E-state index contributed by atoms with van der Waals surface area (Å²) in [5, 5.41) is 2.86. The lowest BCUT2D eigenvalue weighted by atomic mass is 10.1. The number of amides is 1. The Kier molecular flexibility index (Phi) is 5.30. The van der Waals surface area contributed by atoms with E-state index in [9.17, 15) is 18.0 Å². The molecule has 1 saturated carbocycles. The Morgan fingerprint density at radius 3 is 2.43 bits per heavy atom. The second-order valence-corrected chi connectivity index (χ2v) is 6.56. The van der Waals surface area contributed by atoms with E-state index in [1.807, 2.05) is 0 Å². The predicted octanol–water partition coefficient (Wildman–Crippen LogP) is 3.93. The molecule has 1 aliphatic carbocycles. The van der Waals surface area contributed by atoms with Gasteiger partial charge in [0.05, 0.1) is 12.0 Å². The molecule has 1 N–H and O–H groups in total. The number of benzene rings is 1. The van der Waals surface area contributed by atoms with Gasteiger partial charge in [0.15, 0.2) is 0 Å². The maximum Gasteiger partial charge on any atom is 0.416 e. The highest BCUT2D eigenvalue weighted by Crippen LogP contribution is 2.31. The summed E-state index contributed by atoms with van der Waals surface area (Å²) in [5.74, 6) is 0.294. The first-order valence-electron chi connectivity index (χ1n) is 6.93. The highest BCUT2D eigenvalue weighted by atomic mass is 79.9. The molecule has 0 bridgehead atoms. The van der Waals surface area contributed by atoms with Gasteiger partial charge in [-0.05, 0) is 36.5 Å². The van der Waals surface area contributed by atoms with E-state index < -0.39 is 11.7 Å². The molecule has 1 amide bonds. The van der Waals surface area contributed by atoms with Gasteiger partial charge in [-0.3, -0.25) is 4.79 Å². The minimum atomic E-state index is -4.34. The second-order valence-electron chi connectivity index (χ2n) is 5.38. The third-order valence-corrected chi connectivity index (χ3v) is 4.98. The van der Waals surface area contributed by atoms with E-state index in [2.05, 4.69) is 21.2 Å². The van der Waals surface area contributed by atoms with Gasteiger partial charge in [0.2, 0.25) is 5.91 Å². The third kappa shape index (κ3) is 4.73. The van der Waals surface area contributed by atoms with Gasteiger partial charge in [-0.25, -0.2) is 0 Å². The maximum absolute atomic E-state index is 12.4. The predicted molar refractivity (Wildman–Crippen MR) is 78.2 cm³/mol. The van der Waals surface area contributed by atoms with Gasteiger partial charge in [-0.1, -0.05) is 34.5 Å². The SMILES string of the molecule is O=C(Cc1ccc(C(F)(F)F)cc1)NCC1CCCC1Br. The van der Waals surface area contributed by atoms with Gasteiger partial charge in [0, 0.05) is 11.4 Å². The molecule has 0 spiro atoms. The average Bonchev–Trinajstić information content (AvgIpc) is 2.81. The fourth-order valence-electron chi connectivity index (χ4n) is 2.53. The van der Waals surface area contributed by atoms with Gasteiger partial charge in [-0.2, -0.15) is 13.2 Å². The largest absolute Gasteiger partial charge is 0.416 e. The van der Waals surface area contributed by atoms with Crippen LogP contribution in [0.15, 0.2) is 24.3 Å². The summed E-state index contributed by atoms with van der Waals surface area (Å²) in [6.07, 6.45) is -0.850. The molecule has 116 valence electrons. The van der Waals surface area contributed by atoms with Crippen LogP contribution in [0.25, 0.3) is 0 Å². The Balaban J connectivity index is 1.82. The number of nitrogens with one attached hydrogen (secondary N) is 1. The molecule has 1 fully saturated rings. The molecule has 0 heterocycles. The quantitative estimate of drug-likeness (QED) is 0.806. The van der Waals surface area contributed by atoms with Crippen molar-refractivity contribution in [2.24, 2.45) is 5.92 Å². The molecule has 2 atom stereocenters. The Labute approximate surface area is 130 Å². The van der Waals surface area contributed by atoms with Crippen molar-refractivity contribution in [2.45, 2.75) is 36.7 Å². The molecule has 1 aliphatic rings. The van der Waals surface area contributed by atoms with E-state index in [1.165, 1.54) is 12.1 Å². The Morgan fingerprint density at radius 1 is 1.24 bits per heavy atom. The third-order valence-electron chi connectivity index (χ3n) is 3.77. The molecule has 2 nitrogen and oxygen atoms in total. The standard InChI is InChI=1S/C15H17BrF3NO/c16-13-3-1-2-11(13)9-20-14(21)8-10-4-6-12(7-5-10)15(17,18)19/h4-7,11,13H,1-3,8-9H2,(H,20,21). The van der Waals surface area contributed by atoms with E-state index in [0.717, 1.165) is 31.4 Å². The van der Waals surface area contributed by atoms with Crippen LogP contribution >= 0.6 is 15.9 Å². The number of rotatable bonds is 4. The summed E-state index contributed by atoms with van der Waals surface area (Å²) < 4.78 is 37.3. The maximum atomic E-state index is 12.4. The molecular formula is C15H17BrF3NO. The van der Waals surface area contributed by atoms with Crippen molar-refractivity contribution in [3.63, 3.8) is 0 Å². The zero-order chi connectivity index (χ0) is 15.5. The van der Waals surface area contributed by atoms with Crippen LogP contribution in [-0.4, -0.2) is 17.3 Å². The van der Waals surface area contributed by atoms with Crippen molar-refractivity contribution in [1.29, 1.82) is 0 Å². The highest BCUT2D eigenvalue weighted by Gasteiger charge is 2.30. The lowest BCUT2D eigenvalue weighted by Gasteiger charge is -2.14. The van der Waals surface area contributed by atoms with Crippen LogP contribution in [0.1, 0.15) is 30.4 Å². The molecule has 2 rings (SSSR count). The lowest BCUT2D eigenvalue weighted by Crippen LogP contribution is -2.32. The molecule has 1 aromatic rings. The zero-order valence-corrected chi connectivity index (χ0v) is 13.0. The van der Waals surface area contributed by atoms with Gasteiger partial charge in [0.25, 0.3) is 0 Å². The van der Waals surface area contributed by atoms with Crippen LogP contribution < -0.4 is 5.32 Å². The van der Waals surface area contributed by atoms with Crippen LogP contribution in [-0.2, 0) is 17.4 Å². The van der Waals surface area contributed by atoms with Crippen LogP contribution in [0.2, 0.25) is 0 Å². The zero-order valence-electron chi connectivity index (χ0n) is 11.4. The van der Waals surface area contributed by atoms with E-state index in [-0.39, 0.29) is 12.3 Å². The number of carbonyl (C=O) groups is 1. The van der Waals surface area contributed by atoms with Crippen LogP contribution in [0.5, 0.6) is 0 Å². The van der Waals surface area contributed by atoms with E-state index in [0.29, 0.717) is 22.9 Å². The van der Waals surface area contributed by atoms with Crippen LogP contribution in [0.4, 0.5) is 13.2 Å². The monoisotopic (exact) mass is 363 g/mol. The molecular weight excluding hydrogens is 347 g/mol. The first kappa shape index (κ1) is 16.3. The Bertz CT molecular complexity index is 487. The fourth-order valence-corrected chi connectivity index (χ4v) is 3.30. The number of halogens is 4. The lowest BCUT2D eigenvalue weighted by molar-refractivity contribution is -0.137. The van der Waals surface area contributed by atoms with Gasteiger partial charge < -0.3 is 5.32 Å². The summed E-state index contributed by atoms with van der Waals surface area (Å²) in [6.45, 7) is 0.620. The summed E-state index contributed by atoms with van der Waals surface area (Å²) in [4.78, 5) is 12.3. The first-order chi connectivity index (χ1) is 9.86. The summed E-state index contributed by atoms with van der Waals surface area (Å²) in [5.41, 5.74) is -0.109. The van der Waals surface area contributed by atoms with E-state index >= 15 is 0 Å². The number of carbonyl (C=O) groups excluding carboxylic acids is 1. The molecule has 1 aromatic carbocycles. The van der Waals surface area contributed by atoms with Crippen molar-refractivity contribution in [3.05, 3.63) is 35.4 Å². The molecule has 0 saturated heterocycles. The molecule has 6 heteroatoms. The highest BCUT2D eigenvalue weighted by molar-refractivity contribution is 9.09. The number of hydrogen-bond donors (Lipinski definition) is 1. The van der Waals surface area contributed by atoms with Gasteiger partial charge in [-0.15, -0.1) is 0 Å². The van der Waals surface area contributed by atoms with Crippen molar-refractivity contribution < 1.29 is 18.0 Å². The molecule has 0 aromatic heterocycles. The normalized spacial score (nSPS) is 22.3. The van der Waals surface area contributed by atoms with Crippen LogP contribution in [0, 0.1) is 5.92 Å². The minimum Gasteiger partial charge on any atom is -0.355 e. The summed E-state index contributed by atoms with van der Waals surface area (Å²) in [6, 6.07) is 4.72. The van der Waals surface area contributed by atoms with Crippen LogP contribution in [0.3, 0.4) is 0 Å². The Hall–Kier alpha value is -1.04. The number of alkyl halides is 4. The topological polar surface area (TPSA) is 29.1 Å². The first-order valence-corrected chi connectivity index (χ1v) is 7.85. The second kappa shape index (κ2) is 6.81. The van der Waals surface area contributed by atoms with E-state index in [1.54, 1.807) is 0 Å². The van der Waals surface area contributed by atoms with E-state index in [4.69, 9.17) is 0 Å². The summed E-state index contributed by atoms with van der Waals surface area (Å²) in [7, 11) is 0. The van der Waals surface area contributed by atoms with Gasteiger partial charge in [0.1, 0.15) is 0 Å². The summed E-state index contributed by atoms with van der Waals surface area (Å²) >= 11 is 3.59.